The fraction of sp³-hybridized carbons (Fsp3) is 0.524. The van der Waals surface area contributed by atoms with Gasteiger partial charge in [0.1, 0.15) is 5.82 Å². The maximum atomic E-state index is 12.6. The first-order chi connectivity index (χ1) is 14.9. The van der Waals surface area contributed by atoms with E-state index in [2.05, 4.69) is 20.3 Å². The number of imidazole rings is 1. The lowest BCUT2D eigenvalue weighted by atomic mass is 10.0. The molecule has 1 fully saturated rings. The maximum Gasteiger partial charge on any atom is 0.338 e. The van der Waals surface area contributed by atoms with Crippen molar-refractivity contribution in [3.63, 3.8) is 0 Å². The highest BCUT2D eigenvalue weighted by atomic mass is 35.5. The molecule has 0 saturated carbocycles. The van der Waals surface area contributed by atoms with Gasteiger partial charge in [-0.25, -0.2) is 14.8 Å². The average molecular weight is 450 g/mol. The molecule has 2 aromatic rings. The van der Waals surface area contributed by atoms with Gasteiger partial charge in [0.15, 0.2) is 11.0 Å². The van der Waals surface area contributed by atoms with Crippen molar-refractivity contribution >= 4 is 29.3 Å². The molecule has 1 saturated heterocycles. The zero-order chi connectivity index (χ0) is 22.5. The number of carbonyl (C=O) groups is 2. The number of pyridine rings is 1. The van der Waals surface area contributed by atoms with Crippen LogP contribution in [0.2, 0.25) is 5.15 Å². The molecule has 168 valence electrons. The Labute approximate surface area is 186 Å². The predicted octanol–water partition coefficient (Wildman–Crippen LogP) is 2.53. The number of amides is 1. The number of nitrogens with one attached hydrogen (secondary N) is 2. The van der Waals surface area contributed by atoms with Crippen LogP contribution in [-0.2, 0) is 15.9 Å². The largest absolute Gasteiger partial charge is 0.462 e. The Kier molecular flexibility index (Phi) is 7.50. The van der Waals surface area contributed by atoms with Gasteiger partial charge in [-0.2, -0.15) is 0 Å². The number of nitrogens with zero attached hydrogens (tertiary/aromatic N) is 3. The van der Waals surface area contributed by atoms with E-state index in [0.717, 1.165) is 11.3 Å². The summed E-state index contributed by atoms with van der Waals surface area (Å²) in [6, 6.07) is 1.55. The van der Waals surface area contributed by atoms with Crippen LogP contribution in [0.3, 0.4) is 0 Å². The fourth-order valence-electron chi connectivity index (χ4n) is 3.61. The smallest absolute Gasteiger partial charge is 0.338 e. The van der Waals surface area contributed by atoms with Gasteiger partial charge in [-0.1, -0.05) is 18.5 Å². The quantitative estimate of drug-likeness (QED) is 0.625. The molecule has 1 aliphatic heterocycles. The third-order valence-corrected chi connectivity index (χ3v) is 5.70. The molecule has 3 heterocycles. The first kappa shape index (κ1) is 23.0. The number of ether oxygens (including phenoxy) is 2. The molecule has 0 radical (unpaired) electrons. The number of carbonyl (C=O) groups excluding carboxylic acids is 2. The molecule has 0 aromatic carbocycles. The Morgan fingerprint density at radius 1 is 1.39 bits per heavy atom. The van der Waals surface area contributed by atoms with Crippen LogP contribution >= 0.6 is 11.6 Å². The van der Waals surface area contributed by atoms with Crippen LogP contribution in [0, 0.1) is 6.92 Å². The average Bonchev–Trinajstić information content (AvgIpc) is 3.15. The third kappa shape index (κ3) is 5.16. The zero-order valence-electron chi connectivity index (χ0n) is 18.2. The van der Waals surface area contributed by atoms with E-state index in [9.17, 15) is 9.59 Å². The highest BCUT2D eigenvalue weighted by Gasteiger charge is 2.32. The molecule has 0 aliphatic carbocycles. The minimum absolute atomic E-state index is 0.193. The number of halogens is 1. The number of anilines is 1. The second kappa shape index (κ2) is 10.1. The Bertz CT molecular complexity index is 948. The molecule has 3 rings (SSSR count). The minimum atomic E-state index is -0.363. The highest BCUT2D eigenvalue weighted by Crippen LogP contribution is 2.23. The summed E-state index contributed by atoms with van der Waals surface area (Å²) in [6.45, 7) is 7.00. The van der Waals surface area contributed by atoms with Gasteiger partial charge in [-0.3, -0.25) is 4.79 Å². The van der Waals surface area contributed by atoms with Crippen LogP contribution < -0.4 is 10.2 Å². The van der Waals surface area contributed by atoms with E-state index in [1.165, 1.54) is 0 Å². The summed E-state index contributed by atoms with van der Waals surface area (Å²) in [6.07, 6.45) is 2.71. The van der Waals surface area contributed by atoms with Gasteiger partial charge in [-0.15, -0.1) is 0 Å². The Morgan fingerprint density at radius 2 is 2.16 bits per heavy atom. The van der Waals surface area contributed by atoms with Gasteiger partial charge < -0.3 is 24.7 Å². The Hall–Kier alpha value is -2.65. The summed E-state index contributed by atoms with van der Waals surface area (Å²) in [5.41, 5.74) is 1.99. The van der Waals surface area contributed by atoms with Crippen LogP contribution in [0.1, 0.15) is 52.5 Å². The van der Waals surface area contributed by atoms with Crippen molar-refractivity contribution in [2.75, 3.05) is 31.7 Å². The van der Waals surface area contributed by atoms with Crippen molar-refractivity contribution in [2.24, 2.45) is 0 Å². The van der Waals surface area contributed by atoms with Crippen LogP contribution in [0.25, 0.3) is 0 Å². The molecule has 0 spiro atoms. The molecule has 2 N–H and O–H groups in total. The van der Waals surface area contributed by atoms with Gasteiger partial charge in [0, 0.05) is 26.4 Å². The van der Waals surface area contributed by atoms with Crippen molar-refractivity contribution in [3.05, 3.63) is 40.1 Å². The lowest BCUT2D eigenvalue weighted by Gasteiger charge is -2.38. The first-order valence-corrected chi connectivity index (χ1v) is 10.7. The second-order valence-corrected chi connectivity index (χ2v) is 7.73. The molecule has 0 bridgehead atoms. The lowest BCUT2D eigenvalue weighted by molar-refractivity contribution is 0.0521. The van der Waals surface area contributed by atoms with Crippen molar-refractivity contribution in [2.45, 2.75) is 45.8 Å². The van der Waals surface area contributed by atoms with Crippen molar-refractivity contribution in [1.29, 1.82) is 0 Å². The van der Waals surface area contributed by atoms with Crippen molar-refractivity contribution in [1.82, 2.24) is 20.3 Å². The number of aromatic nitrogens is 3. The van der Waals surface area contributed by atoms with E-state index in [0.29, 0.717) is 49.1 Å². The van der Waals surface area contributed by atoms with E-state index in [1.54, 1.807) is 26.3 Å². The number of H-pyrrole nitrogens is 1. The normalized spacial score (nSPS) is 18.7. The zero-order valence-corrected chi connectivity index (χ0v) is 19.0. The molecule has 31 heavy (non-hydrogen) atoms. The van der Waals surface area contributed by atoms with Gasteiger partial charge in [-0.05, 0) is 38.3 Å². The molecule has 2 unspecified atom stereocenters. The number of esters is 1. The number of hydrogen-bond acceptors (Lipinski definition) is 7. The number of methoxy groups -OCH3 is 1. The summed E-state index contributed by atoms with van der Waals surface area (Å²) < 4.78 is 10.8. The molecule has 2 aromatic heterocycles. The highest BCUT2D eigenvalue weighted by molar-refractivity contribution is 6.30. The number of aryl methyl sites for hydroxylation is 2. The van der Waals surface area contributed by atoms with Gasteiger partial charge in [0.25, 0.3) is 5.91 Å². The van der Waals surface area contributed by atoms with Gasteiger partial charge >= 0.3 is 5.97 Å². The molecular formula is C21H28ClN5O4. The van der Waals surface area contributed by atoms with Crippen LogP contribution in [-0.4, -0.2) is 65.8 Å². The standard InChI is InChI=1S/C21H28ClN5O4/c1-5-14-18(22)26-19(24-14)20(28)25-15-7-8-27(11-16(15)30-4)17-9-13(12(3)10-23-17)21(29)31-6-2/h9-10,15-16H,5-8,11H2,1-4H3,(H,24,26)(H,25,28). The number of aromatic amines is 1. The summed E-state index contributed by atoms with van der Waals surface area (Å²) in [5, 5.41) is 3.30. The summed E-state index contributed by atoms with van der Waals surface area (Å²) in [5.74, 6) is 0.183. The SMILES string of the molecule is CCOC(=O)c1cc(N2CCC(NC(=O)c3nc(Cl)c(CC)[nH]3)C(OC)C2)ncc1C. The molecule has 2 atom stereocenters. The fourth-order valence-corrected chi connectivity index (χ4v) is 3.87. The molecule has 10 heteroatoms. The van der Waals surface area contributed by atoms with Crippen LogP contribution in [0.4, 0.5) is 5.82 Å². The summed E-state index contributed by atoms with van der Waals surface area (Å²) in [7, 11) is 1.61. The molecule has 9 nitrogen and oxygen atoms in total. The maximum absolute atomic E-state index is 12.6. The van der Waals surface area contributed by atoms with E-state index in [-0.39, 0.29) is 29.8 Å². The van der Waals surface area contributed by atoms with E-state index in [4.69, 9.17) is 21.1 Å². The van der Waals surface area contributed by atoms with E-state index < -0.39 is 0 Å². The number of rotatable bonds is 7. The van der Waals surface area contributed by atoms with E-state index in [1.807, 2.05) is 18.7 Å². The van der Waals surface area contributed by atoms with Gasteiger partial charge in [0.05, 0.1) is 30.0 Å². The molecular weight excluding hydrogens is 422 g/mol. The first-order valence-electron chi connectivity index (χ1n) is 10.3. The summed E-state index contributed by atoms with van der Waals surface area (Å²) >= 11 is 6.05. The second-order valence-electron chi connectivity index (χ2n) is 7.38. The predicted molar refractivity (Wildman–Crippen MR) is 117 cm³/mol. The van der Waals surface area contributed by atoms with E-state index >= 15 is 0 Å². The van der Waals surface area contributed by atoms with Crippen molar-refractivity contribution in [3.8, 4) is 0 Å². The Morgan fingerprint density at radius 3 is 2.81 bits per heavy atom. The Balaban J connectivity index is 1.70. The molecule has 1 amide bonds. The number of hydrogen-bond donors (Lipinski definition) is 2. The minimum Gasteiger partial charge on any atom is -0.462 e. The topological polar surface area (TPSA) is 109 Å². The lowest BCUT2D eigenvalue weighted by Crippen LogP contribution is -2.55. The number of piperidine rings is 1. The summed E-state index contributed by atoms with van der Waals surface area (Å²) in [4.78, 5) is 38.4. The third-order valence-electron chi connectivity index (χ3n) is 5.38. The monoisotopic (exact) mass is 449 g/mol. The van der Waals surface area contributed by atoms with Crippen LogP contribution in [0.5, 0.6) is 0 Å². The van der Waals surface area contributed by atoms with Gasteiger partial charge in [0.2, 0.25) is 0 Å². The molecule has 1 aliphatic rings. The van der Waals surface area contributed by atoms with Crippen molar-refractivity contribution < 1.29 is 19.1 Å². The van der Waals surface area contributed by atoms with Crippen LogP contribution in [0.15, 0.2) is 12.3 Å².